The molecule has 1 fully saturated rings. The third kappa shape index (κ3) is 3.64. The zero-order valence-electron chi connectivity index (χ0n) is 15.9. The second-order valence-electron chi connectivity index (χ2n) is 7.46. The number of halogens is 3. The van der Waals surface area contributed by atoms with E-state index >= 15 is 0 Å². The predicted molar refractivity (Wildman–Crippen MR) is 101 cm³/mol. The number of carbonyl (C=O) groups is 1. The lowest BCUT2D eigenvalue weighted by molar-refractivity contribution is -0.136. The van der Waals surface area contributed by atoms with Crippen molar-refractivity contribution in [3.05, 3.63) is 57.0 Å². The highest BCUT2D eigenvalue weighted by molar-refractivity contribution is 5.98. The molecular weight excluding hydrogens is 385 g/mol. The van der Waals surface area contributed by atoms with Crippen LogP contribution in [0.25, 0.3) is 16.9 Å². The molecule has 1 aliphatic rings. The zero-order chi connectivity index (χ0) is 20.9. The summed E-state index contributed by atoms with van der Waals surface area (Å²) in [4.78, 5) is 27.4. The Kier molecular flexibility index (Phi) is 4.48. The molecule has 6 nitrogen and oxygen atoms in total. The fourth-order valence-corrected chi connectivity index (χ4v) is 3.22. The highest BCUT2D eigenvalue weighted by atomic mass is 19.4. The van der Waals surface area contributed by atoms with Crippen LogP contribution in [0.5, 0.6) is 0 Å². The minimum atomic E-state index is -4.88. The van der Waals surface area contributed by atoms with Crippen LogP contribution in [-0.4, -0.2) is 27.0 Å². The smallest absolute Gasteiger partial charge is 0.352 e. The van der Waals surface area contributed by atoms with Crippen LogP contribution < -0.4 is 10.9 Å². The fraction of sp³-hybridized carbons (Fsp3) is 0.350. The van der Waals surface area contributed by atoms with E-state index in [2.05, 4.69) is 15.4 Å². The zero-order valence-corrected chi connectivity index (χ0v) is 15.9. The first-order valence-electron chi connectivity index (χ1n) is 9.24. The average Bonchev–Trinajstić information content (AvgIpc) is 3.38. The second kappa shape index (κ2) is 6.75. The summed E-state index contributed by atoms with van der Waals surface area (Å²) in [6.07, 6.45) is -2.01. The van der Waals surface area contributed by atoms with Crippen molar-refractivity contribution in [2.24, 2.45) is 5.92 Å². The predicted octanol–water partition coefficient (Wildman–Crippen LogP) is 3.47. The number of aromatic nitrogens is 3. The third-order valence-electron chi connectivity index (χ3n) is 5.20. The van der Waals surface area contributed by atoms with E-state index in [4.69, 9.17) is 0 Å². The van der Waals surface area contributed by atoms with E-state index in [1.165, 1.54) is 0 Å². The summed E-state index contributed by atoms with van der Waals surface area (Å²) in [7, 11) is 0. The Bertz CT molecular complexity index is 1170. The van der Waals surface area contributed by atoms with Gasteiger partial charge in [0.25, 0.3) is 11.5 Å². The van der Waals surface area contributed by atoms with Gasteiger partial charge >= 0.3 is 6.18 Å². The fourth-order valence-electron chi connectivity index (χ4n) is 3.22. The van der Waals surface area contributed by atoms with Crippen molar-refractivity contribution in [3.8, 4) is 11.4 Å². The minimum absolute atomic E-state index is 0.124. The van der Waals surface area contributed by atoms with Crippen molar-refractivity contribution < 1.29 is 18.0 Å². The molecule has 0 atom stereocenters. The number of amides is 1. The molecule has 0 spiro atoms. The lowest BCUT2D eigenvalue weighted by Gasteiger charge is -2.09. The molecule has 1 amide bonds. The first-order valence-corrected chi connectivity index (χ1v) is 9.24. The van der Waals surface area contributed by atoms with Gasteiger partial charge in [-0.15, -0.1) is 5.10 Å². The van der Waals surface area contributed by atoms with Crippen molar-refractivity contribution in [2.75, 3.05) is 6.54 Å². The molecule has 4 rings (SSSR count). The first-order chi connectivity index (χ1) is 13.6. The third-order valence-corrected chi connectivity index (χ3v) is 5.20. The molecule has 152 valence electrons. The van der Waals surface area contributed by atoms with Gasteiger partial charge in [-0.2, -0.15) is 13.2 Å². The van der Waals surface area contributed by atoms with Crippen LogP contribution in [0.1, 0.15) is 39.9 Å². The molecule has 0 bridgehead atoms. The quantitative estimate of drug-likeness (QED) is 0.699. The Morgan fingerprint density at radius 2 is 2.00 bits per heavy atom. The molecule has 0 saturated heterocycles. The van der Waals surface area contributed by atoms with Crippen LogP contribution in [0.15, 0.2) is 29.2 Å². The van der Waals surface area contributed by atoms with Gasteiger partial charge in [-0.1, -0.05) is 12.1 Å². The Hall–Kier alpha value is -3.10. The van der Waals surface area contributed by atoms with Crippen molar-refractivity contribution in [1.29, 1.82) is 0 Å². The molecule has 1 aromatic carbocycles. The summed E-state index contributed by atoms with van der Waals surface area (Å²) in [6.45, 7) is 4.13. The summed E-state index contributed by atoms with van der Waals surface area (Å²) in [6, 6.07) is 5.35. The minimum Gasteiger partial charge on any atom is -0.352 e. The van der Waals surface area contributed by atoms with E-state index in [-0.39, 0.29) is 5.82 Å². The Labute approximate surface area is 163 Å². The standard InChI is InChI=1S/C20H19F3N4O2/c1-10-3-6-13(7-11(10)2)17-25-19(29)16-15(20(21,22)23)14(9-27(16)26-17)18(28)24-8-12-4-5-12/h3,6-7,9,12H,4-5,8H2,1-2H3,(H,24,28)(H,25,26,29). The van der Waals surface area contributed by atoms with E-state index in [1.807, 2.05) is 19.9 Å². The van der Waals surface area contributed by atoms with Crippen LogP contribution in [0.4, 0.5) is 13.2 Å². The van der Waals surface area contributed by atoms with Crippen molar-refractivity contribution in [2.45, 2.75) is 32.9 Å². The molecule has 29 heavy (non-hydrogen) atoms. The van der Waals surface area contributed by atoms with Gasteiger partial charge in [0.15, 0.2) is 5.82 Å². The summed E-state index contributed by atoms with van der Waals surface area (Å²) in [5.41, 5.74) is -0.974. The van der Waals surface area contributed by atoms with Gasteiger partial charge in [-0.05, 0) is 49.8 Å². The number of benzene rings is 1. The van der Waals surface area contributed by atoms with E-state index in [9.17, 15) is 22.8 Å². The number of rotatable bonds is 4. The number of H-pyrrole nitrogens is 1. The molecule has 1 aliphatic carbocycles. The molecule has 0 radical (unpaired) electrons. The monoisotopic (exact) mass is 404 g/mol. The van der Waals surface area contributed by atoms with Crippen LogP contribution in [0.3, 0.4) is 0 Å². The molecular formula is C20H19F3N4O2. The number of nitrogens with zero attached hydrogens (tertiary/aromatic N) is 2. The van der Waals surface area contributed by atoms with E-state index in [0.29, 0.717) is 18.0 Å². The molecule has 9 heteroatoms. The number of hydrogen-bond acceptors (Lipinski definition) is 3. The van der Waals surface area contributed by atoms with Crippen LogP contribution in [0, 0.1) is 19.8 Å². The first kappa shape index (κ1) is 19.2. The summed E-state index contributed by atoms with van der Waals surface area (Å²) in [5.74, 6) is -0.427. The van der Waals surface area contributed by atoms with Gasteiger partial charge < -0.3 is 10.3 Å². The Balaban J connectivity index is 1.85. The second-order valence-corrected chi connectivity index (χ2v) is 7.46. The molecule has 1 saturated carbocycles. The normalized spacial score (nSPS) is 14.4. The number of hydrogen-bond donors (Lipinski definition) is 2. The molecule has 3 aromatic rings. The summed E-state index contributed by atoms with van der Waals surface area (Å²) < 4.78 is 42.0. The molecule has 2 N–H and O–H groups in total. The van der Waals surface area contributed by atoms with Crippen LogP contribution in [-0.2, 0) is 6.18 Å². The Morgan fingerprint density at radius 3 is 2.62 bits per heavy atom. The molecule has 0 unspecified atom stereocenters. The lowest BCUT2D eigenvalue weighted by atomic mass is 10.1. The van der Waals surface area contributed by atoms with Gasteiger partial charge in [-0.3, -0.25) is 9.59 Å². The number of aryl methyl sites for hydroxylation is 2. The highest BCUT2D eigenvalue weighted by Crippen LogP contribution is 2.35. The number of carbonyl (C=O) groups excluding carboxylic acids is 1. The molecule has 2 aromatic heterocycles. The van der Waals surface area contributed by atoms with E-state index < -0.39 is 34.3 Å². The lowest BCUT2D eigenvalue weighted by Crippen LogP contribution is -2.27. The van der Waals surface area contributed by atoms with Crippen LogP contribution >= 0.6 is 0 Å². The van der Waals surface area contributed by atoms with Gasteiger partial charge in [0.1, 0.15) is 11.1 Å². The summed E-state index contributed by atoms with van der Waals surface area (Å²) in [5, 5.41) is 6.66. The van der Waals surface area contributed by atoms with E-state index in [1.54, 1.807) is 12.1 Å². The van der Waals surface area contributed by atoms with Gasteiger partial charge in [0, 0.05) is 18.3 Å². The SMILES string of the molecule is Cc1ccc(-c2nn3cc(C(=O)NCC4CC4)c(C(F)(F)F)c3c(=O)[nH]2)cc1C. The van der Waals surface area contributed by atoms with Gasteiger partial charge in [0.05, 0.1) is 5.56 Å². The topological polar surface area (TPSA) is 79.3 Å². The van der Waals surface area contributed by atoms with Crippen LogP contribution in [0.2, 0.25) is 0 Å². The van der Waals surface area contributed by atoms with Crippen molar-refractivity contribution >= 4 is 11.4 Å². The van der Waals surface area contributed by atoms with Gasteiger partial charge in [-0.25, -0.2) is 4.52 Å². The molecule has 0 aliphatic heterocycles. The largest absolute Gasteiger partial charge is 0.419 e. The number of alkyl halides is 3. The highest BCUT2D eigenvalue weighted by Gasteiger charge is 2.40. The number of aromatic amines is 1. The maximum Gasteiger partial charge on any atom is 0.419 e. The number of nitrogens with one attached hydrogen (secondary N) is 2. The average molecular weight is 404 g/mol. The van der Waals surface area contributed by atoms with Crippen molar-refractivity contribution in [1.82, 2.24) is 19.9 Å². The van der Waals surface area contributed by atoms with Gasteiger partial charge in [0.2, 0.25) is 0 Å². The maximum absolute atomic E-state index is 13.7. The summed E-state index contributed by atoms with van der Waals surface area (Å²) >= 11 is 0. The van der Waals surface area contributed by atoms with Crippen molar-refractivity contribution in [3.63, 3.8) is 0 Å². The maximum atomic E-state index is 13.7. The van der Waals surface area contributed by atoms with E-state index in [0.717, 1.165) is 34.7 Å². The number of fused-ring (bicyclic) bond motifs is 1. The molecule has 2 heterocycles. The Morgan fingerprint density at radius 1 is 1.28 bits per heavy atom.